The third-order valence-corrected chi connectivity index (χ3v) is 4.40. The van der Waals surface area contributed by atoms with Gasteiger partial charge in [0.2, 0.25) is 5.91 Å². The molecule has 0 saturated carbocycles. The molecule has 1 heterocycles. The number of aliphatic carboxylic acids is 1. The van der Waals surface area contributed by atoms with Crippen molar-refractivity contribution >= 4 is 17.6 Å². The Kier molecular flexibility index (Phi) is 6.27. The maximum absolute atomic E-state index is 12.7. The van der Waals surface area contributed by atoms with Crippen LogP contribution in [0.4, 0.5) is 5.69 Å². The smallest absolute Gasteiger partial charge is 0.326 e. The number of aryl methyl sites for hydroxylation is 2. The van der Waals surface area contributed by atoms with Crippen LogP contribution >= 0.6 is 0 Å². The molecule has 0 spiro atoms. The summed E-state index contributed by atoms with van der Waals surface area (Å²) in [5.41, 5.74) is 1.40. The zero-order chi connectivity index (χ0) is 20.1. The maximum Gasteiger partial charge on any atom is 0.326 e. The van der Waals surface area contributed by atoms with E-state index >= 15 is 0 Å². The minimum Gasteiger partial charge on any atom is -0.480 e. The van der Waals surface area contributed by atoms with Gasteiger partial charge in [0.05, 0.1) is 11.5 Å². The van der Waals surface area contributed by atoms with Gasteiger partial charge in [0.25, 0.3) is 0 Å². The maximum atomic E-state index is 12.7. The van der Waals surface area contributed by atoms with Gasteiger partial charge in [-0.2, -0.15) is 5.10 Å². The van der Waals surface area contributed by atoms with Crippen LogP contribution in [0, 0.1) is 24.0 Å². The molecule has 0 aliphatic rings. The van der Waals surface area contributed by atoms with Crippen LogP contribution in [0.2, 0.25) is 0 Å². The lowest BCUT2D eigenvalue weighted by molar-refractivity contribution is -0.386. The molecule has 1 atom stereocenters. The first-order valence-corrected chi connectivity index (χ1v) is 8.47. The molecule has 1 aromatic carbocycles. The van der Waals surface area contributed by atoms with Crippen molar-refractivity contribution in [3.8, 4) is 0 Å². The van der Waals surface area contributed by atoms with Crippen molar-refractivity contribution in [2.75, 3.05) is 0 Å². The summed E-state index contributed by atoms with van der Waals surface area (Å²) < 4.78 is 1.41. The lowest BCUT2D eigenvalue weighted by Gasteiger charge is -2.27. The van der Waals surface area contributed by atoms with E-state index in [-0.39, 0.29) is 36.8 Å². The van der Waals surface area contributed by atoms with Crippen LogP contribution in [0.25, 0.3) is 0 Å². The minimum atomic E-state index is -1.10. The highest BCUT2D eigenvalue weighted by Crippen LogP contribution is 2.22. The van der Waals surface area contributed by atoms with Crippen LogP contribution in [0.3, 0.4) is 0 Å². The van der Waals surface area contributed by atoms with E-state index in [2.05, 4.69) is 5.10 Å². The summed E-state index contributed by atoms with van der Waals surface area (Å²) >= 11 is 0. The molecule has 0 aliphatic heterocycles. The molecule has 1 aromatic heterocycles. The van der Waals surface area contributed by atoms with E-state index in [4.69, 9.17) is 0 Å². The third kappa shape index (κ3) is 4.69. The van der Waals surface area contributed by atoms with Crippen molar-refractivity contribution in [2.24, 2.45) is 0 Å². The molecule has 27 heavy (non-hydrogen) atoms. The second-order valence-electron chi connectivity index (χ2n) is 6.27. The summed E-state index contributed by atoms with van der Waals surface area (Å²) in [6.07, 6.45) is -0.0103. The monoisotopic (exact) mass is 374 g/mol. The molecular weight excluding hydrogens is 352 g/mol. The average molecular weight is 374 g/mol. The summed E-state index contributed by atoms with van der Waals surface area (Å²) in [4.78, 5) is 36.0. The van der Waals surface area contributed by atoms with Gasteiger partial charge in [0.1, 0.15) is 17.4 Å². The first-order chi connectivity index (χ1) is 12.7. The molecule has 1 N–H and O–H groups in total. The Morgan fingerprint density at radius 2 is 1.93 bits per heavy atom. The fraction of sp³-hybridized carbons (Fsp3) is 0.389. The second kappa shape index (κ2) is 8.43. The van der Waals surface area contributed by atoms with Crippen molar-refractivity contribution in [3.05, 3.63) is 57.4 Å². The van der Waals surface area contributed by atoms with E-state index in [1.807, 2.05) is 30.3 Å². The van der Waals surface area contributed by atoms with Crippen molar-refractivity contribution in [2.45, 2.75) is 46.3 Å². The van der Waals surface area contributed by atoms with Crippen LogP contribution in [-0.2, 0) is 22.7 Å². The van der Waals surface area contributed by atoms with E-state index in [0.29, 0.717) is 5.69 Å². The van der Waals surface area contributed by atoms with Crippen molar-refractivity contribution in [3.63, 3.8) is 0 Å². The van der Waals surface area contributed by atoms with E-state index < -0.39 is 16.9 Å². The van der Waals surface area contributed by atoms with Gasteiger partial charge >= 0.3 is 11.7 Å². The summed E-state index contributed by atoms with van der Waals surface area (Å²) in [7, 11) is 0. The quantitative estimate of drug-likeness (QED) is 0.559. The summed E-state index contributed by atoms with van der Waals surface area (Å²) in [6.45, 7) is 4.88. The highest BCUT2D eigenvalue weighted by molar-refractivity contribution is 5.83. The van der Waals surface area contributed by atoms with Crippen molar-refractivity contribution in [1.29, 1.82) is 0 Å². The van der Waals surface area contributed by atoms with Crippen LogP contribution in [-0.4, -0.2) is 42.6 Å². The van der Waals surface area contributed by atoms with Crippen LogP contribution in [0.1, 0.15) is 30.3 Å². The molecule has 1 amide bonds. The van der Waals surface area contributed by atoms with Crippen molar-refractivity contribution < 1.29 is 19.6 Å². The number of hydrogen-bond donors (Lipinski definition) is 1. The summed E-state index contributed by atoms with van der Waals surface area (Å²) in [5, 5.41) is 24.5. The predicted molar refractivity (Wildman–Crippen MR) is 97.1 cm³/mol. The van der Waals surface area contributed by atoms with Crippen LogP contribution in [0.5, 0.6) is 0 Å². The Morgan fingerprint density at radius 3 is 2.44 bits per heavy atom. The van der Waals surface area contributed by atoms with Gasteiger partial charge in [-0.25, -0.2) is 4.79 Å². The summed E-state index contributed by atoms with van der Waals surface area (Å²) in [6, 6.07) is 8.12. The topological polar surface area (TPSA) is 119 Å². The highest BCUT2D eigenvalue weighted by atomic mass is 16.6. The molecule has 0 saturated heterocycles. The number of amides is 1. The lowest BCUT2D eigenvalue weighted by atomic mass is 10.1. The number of rotatable bonds is 8. The zero-order valence-electron chi connectivity index (χ0n) is 15.5. The molecule has 9 heteroatoms. The molecule has 1 unspecified atom stereocenters. The molecular formula is C18H22N4O5. The molecule has 2 aromatic rings. The zero-order valence-corrected chi connectivity index (χ0v) is 15.5. The van der Waals surface area contributed by atoms with E-state index in [1.54, 1.807) is 6.92 Å². The number of carbonyl (C=O) groups excluding carboxylic acids is 1. The largest absolute Gasteiger partial charge is 0.480 e. The molecule has 0 bridgehead atoms. The Labute approximate surface area is 156 Å². The van der Waals surface area contributed by atoms with E-state index in [0.717, 1.165) is 5.56 Å². The molecule has 9 nitrogen and oxygen atoms in total. The lowest BCUT2D eigenvalue weighted by Crippen LogP contribution is -2.43. The minimum absolute atomic E-state index is 0.0103. The third-order valence-electron chi connectivity index (χ3n) is 4.40. The predicted octanol–water partition coefficient (Wildman–Crippen LogP) is 2.30. The Bertz CT molecular complexity index is 847. The SMILES string of the molecule is Cc1nn(CCC(=O)N(Cc2ccccc2)C(C)C(=O)O)c(C)c1[N+](=O)[O-]. The number of nitro groups is 1. The number of hydrogen-bond acceptors (Lipinski definition) is 5. The normalized spacial score (nSPS) is 11.8. The first-order valence-electron chi connectivity index (χ1n) is 8.47. The van der Waals surface area contributed by atoms with E-state index in [9.17, 15) is 24.8 Å². The first kappa shape index (κ1) is 20.1. The molecule has 0 aliphatic carbocycles. The Hall–Kier alpha value is -3.23. The molecule has 2 rings (SSSR count). The van der Waals surface area contributed by atoms with Crippen molar-refractivity contribution in [1.82, 2.24) is 14.7 Å². The molecule has 0 radical (unpaired) electrons. The van der Waals surface area contributed by atoms with Gasteiger partial charge in [-0.3, -0.25) is 19.6 Å². The molecule has 0 fully saturated rings. The Morgan fingerprint density at radius 1 is 1.30 bits per heavy atom. The fourth-order valence-corrected chi connectivity index (χ4v) is 2.87. The number of carboxylic acid groups (broad SMARTS) is 1. The van der Waals surface area contributed by atoms with Gasteiger partial charge in [-0.15, -0.1) is 0 Å². The Balaban J connectivity index is 2.15. The standard InChI is InChI=1S/C18H22N4O5/c1-12-17(22(26)27)13(2)21(19-12)10-9-16(23)20(14(3)18(24)25)11-15-7-5-4-6-8-15/h4-8,14H,9-11H2,1-3H3,(H,24,25). The van der Waals surface area contributed by atoms with E-state index in [1.165, 1.54) is 23.4 Å². The number of nitrogens with zero attached hydrogens (tertiary/aromatic N) is 4. The van der Waals surface area contributed by atoms with Crippen LogP contribution < -0.4 is 0 Å². The molecule has 144 valence electrons. The van der Waals surface area contributed by atoms with Gasteiger partial charge in [0.15, 0.2) is 0 Å². The number of carboxylic acids is 1. The fourth-order valence-electron chi connectivity index (χ4n) is 2.87. The van der Waals surface area contributed by atoms with Crippen LogP contribution in [0.15, 0.2) is 30.3 Å². The van der Waals surface area contributed by atoms with Gasteiger partial charge in [-0.1, -0.05) is 30.3 Å². The van der Waals surface area contributed by atoms with Gasteiger partial charge < -0.3 is 10.0 Å². The number of aromatic nitrogens is 2. The van der Waals surface area contributed by atoms with Gasteiger partial charge in [-0.05, 0) is 26.3 Å². The number of carbonyl (C=O) groups is 2. The summed E-state index contributed by atoms with van der Waals surface area (Å²) in [5.74, 6) is -1.45. The second-order valence-corrected chi connectivity index (χ2v) is 6.27. The number of benzene rings is 1. The van der Waals surface area contributed by atoms with Gasteiger partial charge in [0, 0.05) is 13.0 Å². The average Bonchev–Trinajstić information content (AvgIpc) is 2.91. The highest BCUT2D eigenvalue weighted by Gasteiger charge is 2.27.